The molecule has 1 aliphatic rings. The lowest BCUT2D eigenvalue weighted by Crippen LogP contribution is -2.51. The molecule has 1 atom stereocenters. The molecule has 4 nitrogen and oxygen atoms in total. The minimum absolute atomic E-state index is 0.0747. The third-order valence-corrected chi connectivity index (χ3v) is 3.85. The van der Waals surface area contributed by atoms with Crippen molar-refractivity contribution in [2.45, 2.75) is 26.9 Å². The smallest absolute Gasteiger partial charge is 0.263 e. The molecule has 0 radical (unpaired) electrons. The van der Waals surface area contributed by atoms with Crippen LogP contribution in [0.2, 0.25) is 0 Å². The van der Waals surface area contributed by atoms with E-state index in [-0.39, 0.29) is 5.91 Å². The molecule has 1 fully saturated rings. The number of hydrogen-bond donors (Lipinski definition) is 0. The summed E-state index contributed by atoms with van der Waals surface area (Å²) in [6, 6.07) is 9.51. The summed E-state index contributed by atoms with van der Waals surface area (Å²) < 4.78 is 5.72. The van der Waals surface area contributed by atoms with Gasteiger partial charge in [0, 0.05) is 32.7 Å². The molecule has 1 saturated heterocycles. The van der Waals surface area contributed by atoms with Crippen LogP contribution in [0.25, 0.3) is 0 Å². The maximum absolute atomic E-state index is 12.4. The molecular weight excluding hydrogens is 276 g/mol. The Hall–Kier alpha value is -1.81. The van der Waals surface area contributed by atoms with Crippen molar-refractivity contribution < 1.29 is 9.53 Å². The van der Waals surface area contributed by atoms with E-state index in [4.69, 9.17) is 4.74 Å². The molecule has 0 bridgehead atoms. The third kappa shape index (κ3) is 4.88. The van der Waals surface area contributed by atoms with Gasteiger partial charge in [-0.2, -0.15) is 0 Å². The summed E-state index contributed by atoms with van der Waals surface area (Å²) in [6.45, 7) is 10.4. The van der Waals surface area contributed by atoms with E-state index in [1.54, 1.807) is 0 Å². The highest BCUT2D eigenvalue weighted by Gasteiger charge is 2.25. The molecule has 2 rings (SSSR count). The van der Waals surface area contributed by atoms with Crippen molar-refractivity contribution in [3.8, 4) is 5.75 Å². The molecule has 22 heavy (non-hydrogen) atoms. The van der Waals surface area contributed by atoms with Gasteiger partial charge in [-0.1, -0.05) is 29.8 Å². The molecule has 1 aromatic rings. The molecule has 1 amide bonds. The van der Waals surface area contributed by atoms with Crippen LogP contribution in [0.1, 0.15) is 20.8 Å². The van der Waals surface area contributed by atoms with Crippen molar-refractivity contribution in [1.82, 2.24) is 9.80 Å². The van der Waals surface area contributed by atoms with E-state index in [1.165, 1.54) is 5.57 Å². The lowest BCUT2D eigenvalue weighted by molar-refractivity contribution is -0.139. The fraction of sp³-hybridized carbons (Fsp3) is 0.500. The first-order chi connectivity index (χ1) is 10.6. The number of amides is 1. The van der Waals surface area contributed by atoms with Crippen LogP contribution in [0, 0.1) is 0 Å². The van der Waals surface area contributed by atoms with Crippen molar-refractivity contribution >= 4 is 5.91 Å². The highest BCUT2D eigenvalue weighted by molar-refractivity contribution is 5.81. The molecule has 0 aromatic heterocycles. The van der Waals surface area contributed by atoms with E-state index in [2.05, 4.69) is 24.8 Å². The van der Waals surface area contributed by atoms with E-state index in [0.29, 0.717) is 0 Å². The van der Waals surface area contributed by atoms with Gasteiger partial charge < -0.3 is 9.64 Å². The lowest BCUT2D eigenvalue weighted by Gasteiger charge is -2.35. The third-order valence-electron chi connectivity index (χ3n) is 3.85. The van der Waals surface area contributed by atoms with Crippen LogP contribution in [0.3, 0.4) is 0 Å². The Morgan fingerprint density at radius 1 is 1.18 bits per heavy atom. The SMILES string of the molecule is CC(C)=CCN1CCN(C(=O)C(C)Oc2ccccc2)CC1. The second kappa shape index (κ2) is 7.99. The van der Waals surface area contributed by atoms with Gasteiger partial charge in [-0.25, -0.2) is 0 Å². The number of carbonyl (C=O) groups is 1. The summed E-state index contributed by atoms with van der Waals surface area (Å²) in [7, 11) is 0. The predicted molar refractivity (Wildman–Crippen MR) is 89.0 cm³/mol. The van der Waals surface area contributed by atoms with E-state index in [9.17, 15) is 4.79 Å². The fourth-order valence-corrected chi connectivity index (χ4v) is 2.47. The van der Waals surface area contributed by atoms with Crippen molar-refractivity contribution in [2.24, 2.45) is 0 Å². The van der Waals surface area contributed by atoms with E-state index < -0.39 is 6.10 Å². The Balaban J connectivity index is 1.80. The number of carbonyl (C=O) groups excluding carboxylic acids is 1. The van der Waals surface area contributed by atoms with Crippen molar-refractivity contribution in [3.63, 3.8) is 0 Å². The Kier molecular flexibility index (Phi) is 6.01. The molecule has 120 valence electrons. The first-order valence-electron chi connectivity index (χ1n) is 7.92. The standard InChI is InChI=1S/C18H26N2O2/c1-15(2)9-10-19-11-13-20(14-12-19)18(21)16(3)22-17-7-5-4-6-8-17/h4-9,16H,10-14H2,1-3H3. The molecule has 0 aliphatic carbocycles. The van der Waals surface area contributed by atoms with Crippen LogP contribution >= 0.6 is 0 Å². The molecule has 0 N–H and O–H groups in total. The Morgan fingerprint density at radius 2 is 1.82 bits per heavy atom. The van der Waals surface area contributed by atoms with E-state index in [1.807, 2.05) is 42.2 Å². The molecule has 1 unspecified atom stereocenters. The summed E-state index contributed by atoms with van der Waals surface area (Å²) in [4.78, 5) is 16.7. The summed E-state index contributed by atoms with van der Waals surface area (Å²) in [6.07, 6.45) is 1.80. The monoisotopic (exact) mass is 302 g/mol. The molecule has 1 aromatic carbocycles. The van der Waals surface area contributed by atoms with Crippen molar-refractivity contribution in [1.29, 1.82) is 0 Å². The van der Waals surface area contributed by atoms with Gasteiger partial charge in [0.25, 0.3) is 5.91 Å². The Labute approximate surface area is 133 Å². The van der Waals surface area contributed by atoms with Crippen molar-refractivity contribution in [3.05, 3.63) is 42.0 Å². The minimum Gasteiger partial charge on any atom is -0.481 e. The summed E-state index contributed by atoms with van der Waals surface area (Å²) in [5, 5.41) is 0. The minimum atomic E-state index is -0.438. The van der Waals surface area contributed by atoms with Gasteiger partial charge in [0.05, 0.1) is 0 Å². The maximum Gasteiger partial charge on any atom is 0.263 e. The molecule has 1 heterocycles. The lowest BCUT2D eigenvalue weighted by atomic mass is 10.2. The fourth-order valence-electron chi connectivity index (χ4n) is 2.47. The molecular formula is C18H26N2O2. The van der Waals surface area contributed by atoms with Crippen molar-refractivity contribution in [2.75, 3.05) is 32.7 Å². The van der Waals surface area contributed by atoms with Crippen LogP contribution in [0.15, 0.2) is 42.0 Å². The molecule has 1 aliphatic heterocycles. The van der Waals surface area contributed by atoms with Gasteiger partial charge >= 0.3 is 0 Å². The van der Waals surface area contributed by atoms with Crippen LogP contribution in [-0.2, 0) is 4.79 Å². The van der Waals surface area contributed by atoms with Gasteiger partial charge in [0.1, 0.15) is 5.75 Å². The maximum atomic E-state index is 12.4. The molecule has 0 spiro atoms. The average molecular weight is 302 g/mol. The highest BCUT2D eigenvalue weighted by atomic mass is 16.5. The van der Waals surface area contributed by atoms with E-state index in [0.717, 1.165) is 38.5 Å². The number of hydrogen-bond acceptors (Lipinski definition) is 3. The quantitative estimate of drug-likeness (QED) is 0.784. The summed E-state index contributed by atoms with van der Waals surface area (Å²) in [5.41, 5.74) is 1.34. The first-order valence-corrected chi connectivity index (χ1v) is 7.92. The van der Waals surface area contributed by atoms with Gasteiger partial charge in [-0.05, 0) is 32.9 Å². The number of benzene rings is 1. The average Bonchev–Trinajstić information content (AvgIpc) is 2.53. The van der Waals surface area contributed by atoms with Gasteiger partial charge in [0.2, 0.25) is 0 Å². The summed E-state index contributed by atoms with van der Waals surface area (Å²) >= 11 is 0. The number of para-hydroxylation sites is 1. The number of nitrogens with zero attached hydrogens (tertiary/aromatic N) is 2. The molecule has 4 heteroatoms. The summed E-state index contributed by atoms with van der Waals surface area (Å²) in [5.74, 6) is 0.816. The normalized spacial score (nSPS) is 17.0. The zero-order valence-electron chi connectivity index (χ0n) is 13.8. The zero-order chi connectivity index (χ0) is 15.9. The zero-order valence-corrected chi connectivity index (χ0v) is 13.8. The second-order valence-electron chi connectivity index (χ2n) is 5.98. The number of allylic oxidation sites excluding steroid dienone is 1. The Bertz CT molecular complexity index is 501. The van der Waals surface area contributed by atoms with Gasteiger partial charge in [-0.15, -0.1) is 0 Å². The topological polar surface area (TPSA) is 32.8 Å². The van der Waals surface area contributed by atoms with E-state index >= 15 is 0 Å². The highest BCUT2D eigenvalue weighted by Crippen LogP contribution is 2.13. The van der Waals surface area contributed by atoms with Crippen LogP contribution in [0.5, 0.6) is 5.75 Å². The Morgan fingerprint density at radius 3 is 2.41 bits per heavy atom. The number of ether oxygens (including phenoxy) is 1. The number of piperazine rings is 1. The largest absolute Gasteiger partial charge is 0.481 e. The van der Waals surface area contributed by atoms with Gasteiger partial charge in [0.15, 0.2) is 6.10 Å². The number of rotatable bonds is 5. The molecule has 0 saturated carbocycles. The first kappa shape index (κ1) is 16.6. The second-order valence-corrected chi connectivity index (χ2v) is 5.98. The predicted octanol–water partition coefficient (Wildman–Crippen LogP) is 2.56. The van der Waals surface area contributed by atoms with Gasteiger partial charge in [-0.3, -0.25) is 9.69 Å². The van der Waals surface area contributed by atoms with Crippen LogP contribution in [0.4, 0.5) is 0 Å². The van der Waals surface area contributed by atoms with Crippen LogP contribution in [-0.4, -0.2) is 54.5 Å². The van der Waals surface area contributed by atoms with Crippen LogP contribution < -0.4 is 4.74 Å².